The van der Waals surface area contributed by atoms with Crippen LogP contribution in [-0.4, -0.2) is 62.8 Å². The van der Waals surface area contributed by atoms with Gasteiger partial charge >= 0.3 is 5.97 Å². The second-order valence-electron chi connectivity index (χ2n) is 7.19. The Balaban J connectivity index is 2.10. The molecule has 0 saturated carbocycles. The average molecular weight is 462 g/mol. The van der Waals surface area contributed by atoms with Crippen molar-refractivity contribution in [2.45, 2.75) is 31.7 Å². The minimum atomic E-state index is -3.62. The lowest BCUT2D eigenvalue weighted by Crippen LogP contribution is -2.34. The van der Waals surface area contributed by atoms with Gasteiger partial charge in [0.25, 0.3) is 0 Å². The summed E-state index contributed by atoms with van der Waals surface area (Å²) in [6.45, 7) is 5.17. The van der Waals surface area contributed by atoms with E-state index in [1.54, 1.807) is 26.0 Å². The average Bonchev–Trinajstić information content (AvgIpc) is 2.78. The maximum atomic E-state index is 12.8. The monoisotopic (exact) mass is 461 g/mol. The molecule has 0 unspecified atom stereocenters. The second kappa shape index (κ2) is 12.3. The Hall–Kier alpha value is -2.75. The van der Waals surface area contributed by atoms with Crippen molar-refractivity contribution >= 4 is 27.6 Å². The molecule has 0 bridgehead atoms. The molecule has 1 N–H and O–H groups in total. The number of sulfonamides is 1. The normalized spacial score (nSPS) is 11.5. The van der Waals surface area contributed by atoms with Crippen LogP contribution in [0.15, 0.2) is 59.5 Å². The zero-order valence-corrected chi connectivity index (χ0v) is 19.6. The molecule has 0 heterocycles. The topological polar surface area (TPSA) is 96.0 Å². The highest BCUT2D eigenvalue weighted by atomic mass is 32.2. The highest BCUT2D eigenvalue weighted by Crippen LogP contribution is 2.19. The van der Waals surface area contributed by atoms with Crippen LogP contribution in [0.4, 0.5) is 5.69 Å². The lowest BCUT2D eigenvalue weighted by atomic mass is 10.2. The summed E-state index contributed by atoms with van der Waals surface area (Å²) < 4.78 is 31.6. The third-order valence-corrected chi connectivity index (χ3v) is 6.98. The number of nitrogens with zero attached hydrogens (tertiary/aromatic N) is 2. The molecule has 0 fully saturated rings. The summed E-state index contributed by atoms with van der Waals surface area (Å²) in [4.78, 5) is 26.3. The lowest BCUT2D eigenvalue weighted by Gasteiger charge is -2.22. The van der Waals surface area contributed by atoms with Gasteiger partial charge in [-0.15, -0.1) is 0 Å². The minimum absolute atomic E-state index is 0.0406. The SMILES string of the molecule is CCN(CC)S(=O)(=O)c1cccc(NC(=O)CN(CCC(=O)OC)Cc2ccccc2)c1. The Morgan fingerprint density at radius 1 is 1.00 bits per heavy atom. The largest absolute Gasteiger partial charge is 0.469 e. The van der Waals surface area contributed by atoms with Gasteiger partial charge in [-0.2, -0.15) is 4.31 Å². The summed E-state index contributed by atoms with van der Waals surface area (Å²) in [6, 6.07) is 15.9. The Labute approximate surface area is 190 Å². The Morgan fingerprint density at radius 3 is 2.31 bits per heavy atom. The van der Waals surface area contributed by atoms with Crippen molar-refractivity contribution in [2.75, 3.05) is 38.6 Å². The number of benzene rings is 2. The molecule has 0 aromatic heterocycles. The molecule has 2 aromatic carbocycles. The smallest absolute Gasteiger partial charge is 0.306 e. The molecule has 174 valence electrons. The molecule has 0 radical (unpaired) electrons. The summed E-state index contributed by atoms with van der Waals surface area (Å²) >= 11 is 0. The van der Waals surface area contributed by atoms with E-state index in [1.165, 1.54) is 23.5 Å². The zero-order chi connectivity index (χ0) is 23.6. The van der Waals surface area contributed by atoms with Gasteiger partial charge in [0.1, 0.15) is 0 Å². The summed E-state index contributed by atoms with van der Waals surface area (Å²) in [5, 5.41) is 2.77. The van der Waals surface area contributed by atoms with Gasteiger partial charge in [-0.1, -0.05) is 50.2 Å². The fraction of sp³-hybridized carbons (Fsp3) is 0.391. The number of methoxy groups -OCH3 is 1. The Kier molecular flexibility index (Phi) is 9.83. The summed E-state index contributed by atoms with van der Waals surface area (Å²) in [5.41, 5.74) is 1.41. The van der Waals surface area contributed by atoms with E-state index in [1.807, 2.05) is 35.2 Å². The van der Waals surface area contributed by atoms with Gasteiger partial charge in [-0.25, -0.2) is 8.42 Å². The van der Waals surface area contributed by atoms with Crippen LogP contribution >= 0.6 is 0 Å². The zero-order valence-electron chi connectivity index (χ0n) is 18.8. The van der Waals surface area contributed by atoms with Crippen molar-refractivity contribution in [3.63, 3.8) is 0 Å². The first kappa shape index (κ1) is 25.5. The first-order chi connectivity index (χ1) is 15.3. The van der Waals surface area contributed by atoms with Gasteiger partial charge in [-0.3, -0.25) is 14.5 Å². The molecule has 9 heteroatoms. The third-order valence-electron chi connectivity index (χ3n) is 4.94. The van der Waals surface area contributed by atoms with E-state index >= 15 is 0 Å². The van der Waals surface area contributed by atoms with E-state index in [2.05, 4.69) is 5.32 Å². The number of hydrogen-bond donors (Lipinski definition) is 1. The molecule has 8 nitrogen and oxygen atoms in total. The number of carbonyl (C=O) groups is 2. The van der Waals surface area contributed by atoms with Crippen LogP contribution in [0, 0.1) is 0 Å². The molecule has 1 amide bonds. The minimum Gasteiger partial charge on any atom is -0.469 e. The number of amides is 1. The van der Waals surface area contributed by atoms with Crippen LogP contribution in [0.2, 0.25) is 0 Å². The maximum absolute atomic E-state index is 12.8. The molecule has 2 rings (SSSR count). The van der Waals surface area contributed by atoms with Crippen molar-refractivity contribution in [1.82, 2.24) is 9.21 Å². The highest BCUT2D eigenvalue weighted by molar-refractivity contribution is 7.89. The molecule has 0 aliphatic rings. The molecule has 0 spiro atoms. The number of hydrogen-bond acceptors (Lipinski definition) is 6. The molecule has 0 aliphatic heterocycles. The van der Waals surface area contributed by atoms with Crippen LogP contribution in [-0.2, 0) is 30.9 Å². The first-order valence-electron chi connectivity index (χ1n) is 10.5. The number of esters is 1. The summed E-state index contributed by atoms with van der Waals surface area (Å²) in [6.07, 6.45) is 0.161. The summed E-state index contributed by atoms with van der Waals surface area (Å²) in [7, 11) is -2.29. The van der Waals surface area contributed by atoms with Crippen LogP contribution in [0.3, 0.4) is 0 Å². The maximum Gasteiger partial charge on any atom is 0.306 e. The number of ether oxygens (including phenoxy) is 1. The number of carbonyl (C=O) groups excluding carboxylic acids is 2. The highest BCUT2D eigenvalue weighted by Gasteiger charge is 2.22. The molecule has 0 aliphatic carbocycles. The van der Waals surface area contributed by atoms with E-state index in [0.29, 0.717) is 31.9 Å². The summed E-state index contributed by atoms with van der Waals surface area (Å²) in [5.74, 6) is -0.652. The number of rotatable bonds is 12. The molecular formula is C23H31N3O5S. The number of anilines is 1. The van der Waals surface area contributed by atoms with Gasteiger partial charge in [0.05, 0.1) is 25.0 Å². The van der Waals surface area contributed by atoms with Crippen molar-refractivity contribution in [3.05, 3.63) is 60.2 Å². The fourth-order valence-corrected chi connectivity index (χ4v) is 4.76. The first-order valence-corrected chi connectivity index (χ1v) is 12.0. The van der Waals surface area contributed by atoms with Gasteiger partial charge < -0.3 is 10.1 Å². The molecular weight excluding hydrogens is 430 g/mol. The predicted octanol–water partition coefficient (Wildman–Crippen LogP) is 2.72. The Bertz CT molecular complexity index is 992. The molecule has 0 saturated heterocycles. The van der Waals surface area contributed by atoms with Crippen LogP contribution in [0.1, 0.15) is 25.8 Å². The van der Waals surface area contributed by atoms with Gasteiger partial charge in [0.15, 0.2) is 0 Å². The van der Waals surface area contributed by atoms with E-state index in [-0.39, 0.29) is 29.7 Å². The van der Waals surface area contributed by atoms with E-state index in [9.17, 15) is 18.0 Å². The van der Waals surface area contributed by atoms with Crippen molar-refractivity contribution in [1.29, 1.82) is 0 Å². The lowest BCUT2D eigenvalue weighted by molar-refractivity contribution is -0.141. The second-order valence-corrected chi connectivity index (χ2v) is 9.13. The van der Waals surface area contributed by atoms with Crippen LogP contribution < -0.4 is 5.32 Å². The van der Waals surface area contributed by atoms with Crippen molar-refractivity contribution in [2.24, 2.45) is 0 Å². The quantitative estimate of drug-likeness (QED) is 0.488. The van der Waals surface area contributed by atoms with Gasteiger partial charge in [0, 0.05) is 31.9 Å². The predicted molar refractivity (Wildman–Crippen MR) is 124 cm³/mol. The van der Waals surface area contributed by atoms with Crippen LogP contribution in [0.25, 0.3) is 0 Å². The van der Waals surface area contributed by atoms with Crippen molar-refractivity contribution in [3.8, 4) is 0 Å². The van der Waals surface area contributed by atoms with E-state index in [4.69, 9.17) is 4.74 Å². The molecule has 0 atom stereocenters. The third kappa shape index (κ3) is 7.44. The molecule has 2 aromatic rings. The van der Waals surface area contributed by atoms with Gasteiger partial charge in [0.2, 0.25) is 15.9 Å². The standard InChI is InChI=1S/C23H31N3O5S/c1-4-26(5-2)32(29,30)21-13-9-12-20(16-21)24-22(27)18-25(15-14-23(28)31-3)17-19-10-7-6-8-11-19/h6-13,16H,4-5,14-15,17-18H2,1-3H3,(H,24,27). The number of nitrogens with one attached hydrogen (secondary N) is 1. The van der Waals surface area contributed by atoms with E-state index in [0.717, 1.165) is 5.56 Å². The van der Waals surface area contributed by atoms with E-state index < -0.39 is 10.0 Å². The van der Waals surface area contributed by atoms with Crippen LogP contribution in [0.5, 0.6) is 0 Å². The molecule has 32 heavy (non-hydrogen) atoms. The fourth-order valence-electron chi connectivity index (χ4n) is 3.26. The Morgan fingerprint density at radius 2 is 1.69 bits per heavy atom. The van der Waals surface area contributed by atoms with Gasteiger partial charge in [-0.05, 0) is 23.8 Å². The van der Waals surface area contributed by atoms with Crippen molar-refractivity contribution < 1.29 is 22.7 Å².